The van der Waals surface area contributed by atoms with Crippen molar-refractivity contribution < 1.29 is 9.50 Å². The first kappa shape index (κ1) is 6.87. The van der Waals surface area contributed by atoms with E-state index in [2.05, 4.69) is 0 Å². The standard InChI is InChI=1S/C7H5BO2/c9-5-6-2-1-3-7(4-6)8-10/h1-5H. The fourth-order valence-corrected chi connectivity index (χ4v) is 0.706. The third-order valence-electron chi connectivity index (χ3n) is 1.18. The zero-order valence-corrected chi connectivity index (χ0v) is 5.28. The van der Waals surface area contributed by atoms with E-state index in [0.717, 1.165) is 0 Å². The Hall–Kier alpha value is -1.25. The Morgan fingerprint density at radius 1 is 1.40 bits per heavy atom. The number of rotatable bonds is 2. The van der Waals surface area contributed by atoms with Crippen LogP contribution in [0.1, 0.15) is 10.4 Å². The normalized spacial score (nSPS) is 8.40. The molecule has 0 heterocycles. The molecule has 1 aromatic carbocycles. The second-order valence-electron chi connectivity index (χ2n) is 1.91. The molecule has 0 amide bonds. The zero-order valence-electron chi connectivity index (χ0n) is 5.28. The van der Waals surface area contributed by atoms with Crippen molar-refractivity contribution in [2.75, 3.05) is 0 Å². The molecule has 2 nitrogen and oxygen atoms in total. The Labute approximate surface area is 59.1 Å². The molecule has 3 heteroatoms. The summed E-state index contributed by atoms with van der Waals surface area (Å²) < 4.78 is 10.2. The molecule has 1 rings (SSSR count). The van der Waals surface area contributed by atoms with Gasteiger partial charge >= 0.3 is 58.2 Å². The van der Waals surface area contributed by atoms with Gasteiger partial charge in [0.1, 0.15) is 0 Å². The minimum absolute atomic E-state index is 0.532. The van der Waals surface area contributed by atoms with Crippen LogP contribution < -0.4 is 5.46 Å². The van der Waals surface area contributed by atoms with Gasteiger partial charge in [0, 0.05) is 0 Å². The molecule has 0 saturated carbocycles. The number of aldehydes is 1. The molecule has 0 spiro atoms. The van der Waals surface area contributed by atoms with Crippen molar-refractivity contribution in [1.82, 2.24) is 0 Å². The predicted molar refractivity (Wildman–Crippen MR) is 37.9 cm³/mol. The van der Waals surface area contributed by atoms with E-state index in [9.17, 15) is 9.50 Å². The van der Waals surface area contributed by atoms with Crippen molar-refractivity contribution in [3.63, 3.8) is 0 Å². The van der Waals surface area contributed by atoms with Crippen molar-refractivity contribution in [2.45, 2.75) is 0 Å². The van der Waals surface area contributed by atoms with E-state index in [1.165, 1.54) is 0 Å². The third kappa shape index (κ3) is 1.38. The Morgan fingerprint density at radius 2 is 2.20 bits per heavy atom. The van der Waals surface area contributed by atoms with Gasteiger partial charge in [-0.2, -0.15) is 0 Å². The van der Waals surface area contributed by atoms with Gasteiger partial charge in [0.2, 0.25) is 0 Å². The fourth-order valence-electron chi connectivity index (χ4n) is 0.706. The molecule has 0 N–H and O–H groups in total. The van der Waals surface area contributed by atoms with Crippen molar-refractivity contribution in [3.05, 3.63) is 29.8 Å². The second-order valence-corrected chi connectivity index (χ2v) is 1.91. The van der Waals surface area contributed by atoms with Crippen LogP contribution in [0.3, 0.4) is 0 Å². The van der Waals surface area contributed by atoms with Crippen LogP contribution >= 0.6 is 0 Å². The predicted octanol–water partition coefficient (Wildman–Crippen LogP) is 0.174. The quantitative estimate of drug-likeness (QED) is 0.424. The Balaban J connectivity index is 3.09. The van der Waals surface area contributed by atoms with E-state index in [4.69, 9.17) is 0 Å². The Kier molecular flexibility index (Phi) is 2.10. The average Bonchev–Trinajstić information content (AvgIpc) is 2.05. The van der Waals surface area contributed by atoms with Crippen LogP contribution in [0.4, 0.5) is 0 Å². The summed E-state index contributed by atoms with van der Waals surface area (Å²) in [5, 5.41) is 0. The van der Waals surface area contributed by atoms with E-state index in [0.29, 0.717) is 24.5 Å². The zero-order chi connectivity index (χ0) is 7.40. The molecule has 0 aliphatic rings. The number of carbonyl (C=O) groups excluding carboxylic acids is 1. The van der Waals surface area contributed by atoms with Crippen LogP contribution in [0.15, 0.2) is 24.3 Å². The summed E-state index contributed by atoms with van der Waals surface area (Å²) in [6.07, 6.45) is 0.715. The van der Waals surface area contributed by atoms with Crippen LogP contribution in [0.5, 0.6) is 0 Å². The van der Waals surface area contributed by atoms with E-state index in [1.807, 2.05) is 0 Å². The van der Waals surface area contributed by atoms with Gasteiger partial charge in [-0.05, 0) is 0 Å². The molecule has 10 heavy (non-hydrogen) atoms. The summed E-state index contributed by atoms with van der Waals surface area (Å²) in [6, 6.07) is 6.52. The van der Waals surface area contributed by atoms with Gasteiger partial charge in [0.05, 0.1) is 0 Å². The van der Waals surface area contributed by atoms with E-state index >= 15 is 0 Å². The van der Waals surface area contributed by atoms with Gasteiger partial charge in [0.15, 0.2) is 0 Å². The number of carbonyl (C=O) groups is 1. The molecule has 48 valence electrons. The van der Waals surface area contributed by atoms with E-state index in [1.54, 1.807) is 24.3 Å². The summed E-state index contributed by atoms with van der Waals surface area (Å²) in [7, 11) is 0.715. The summed E-state index contributed by atoms with van der Waals surface area (Å²) >= 11 is 0. The number of hydrogen-bond acceptors (Lipinski definition) is 2. The Morgan fingerprint density at radius 3 is 2.80 bits per heavy atom. The maximum atomic E-state index is 10.2. The molecule has 1 aromatic rings. The molecule has 0 aliphatic heterocycles. The molecule has 0 bridgehead atoms. The fraction of sp³-hybridized carbons (Fsp3) is 0. The first-order chi connectivity index (χ1) is 4.86. The molecular formula is C7H5BO2. The molecule has 0 unspecified atom stereocenters. The molecular weight excluding hydrogens is 127 g/mol. The van der Waals surface area contributed by atoms with Gasteiger partial charge < -0.3 is 0 Å². The van der Waals surface area contributed by atoms with Crippen molar-refractivity contribution in [2.24, 2.45) is 0 Å². The van der Waals surface area contributed by atoms with Crippen molar-refractivity contribution >= 4 is 18.9 Å². The summed E-state index contributed by atoms with van der Waals surface area (Å²) in [6.45, 7) is 0. The molecule has 0 aromatic heterocycles. The maximum absolute atomic E-state index is 10.2. The van der Waals surface area contributed by atoms with Crippen LogP contribution in [-0.2, 0) is 4.70 Å². The number of hydrogen-bond donors (Lipinski definition) is 0. The van der Waals surface area contributed by atoms with Crippen LogP contribution in [-0.4, -0.2) is 13.4 Å². The first-order valence-electron chi connectivity index (χ1n) is 2.87. The Bertz CT molecular complexity index is 234. The van der Waals surface area contributed by atoms with Crippen LogP contribution in [0, 0.1) is 0 Å². The van der Waals surface area contributed by atoms with Crippen molar-refractivity contribution in [1.29, 1.82) is 0 Å². The van der Waals surface area contributed by atoms with E-state index < -0.39 is 0 Å². The second kappa shape index (κ2) is 3.06. The van der Waals surface area contributed by atoms with Gasteiger partial charge in [-0.3, -0.25) is 0 Å². The minimum atomic E-state index is 0.532. The average molecular weight is 132 g/mol. The van der Waals surface area contributed by atoms with E-state index in [-0.39, 0.29) is 0 Å². The van der Waals surface area contributed by atoms with Crippen LogP contribution in [0.25, 0.3) is 0 Å². The number of benzene rings is 1. The van der Waals surface area contributed by atoms with Crippen LogP contribution in [0.2, 0.25) is 0 Å². The molecule has 0 aliphatic carbocycles. The van der Waals surface area contributed by atoms with Gasteiger partial charge in [0.25, 0.3) is 0 Å². The molecule has 0 atom stereocenters. The van der Waals surface area contributed by atoms with Crippen molar-refractivity contribution in [3.8, 4) is 0 Å². The molecule has 0 fully saturated rings. The van der Waals surface area contributed by atoms with Gasteiger partial charge in [-0.1, -0.05) is 0 Å². The summed E-state index contributed by atoms with van der Waals surface area (Å²) in [5.41, 5.74) is 1.06. The van der Waals surface area contributed by atoms with Gasteiger partial charge in [-0.15, -0.1) is 0 Å². The SMILES string of the molecule is O=Bc1cccc(C=O)c1. The third-order valence-corrected chi connectivity index (χ3v) is 1.18. The summed E-state index contributed by atoms with van der Waals surface area (Å²) in [4.78, 5) is 10.2. The topological polar surface area (TPSA) is 34.1 Å². The van der Waals surface area contributed by atoms with Gasteiger partial charge in [-0.25, -0.2) is 0 Å². The first-order valence-corrected chi connectivity index (χ1v) is 2.87. The monoisotopic (exact) mass is 132 g/mol. The summed E-state index contributed by atoms with van der Waals surface area (Å²) in [5.74, 6) is 0. The molecule has 0 saturated heterocycles. The molecule has 0 radical (unpaired) electrons.